The van der Waals surface area contributed by atoms with Gasteiger partial charge in [-0.15, -0.1) is 0 Å². The van der Waals surface area contributed by atoms with Crippen molar-refractivity contribution in [3.05, 3.63) is 6.42 Å². The molecule has 0 aromatic carbocycles. The van der Waals surface area contributed by atoms with Crippen LogP contribution in [0.5, 0.6) is 0 Å². The van der Waals surface area contributed by atoms with Crippen molar-refractivity contribution in [3.8, 4) is 0 Å². The van der Waals surface area contributed by atoms with Crippen LogP contribution in [-0.2, 0) is 37.5 Å². The third-order valence-electron chi connectivity index (χ3n) is 3.65. The first-order valence-electron chi connectivity index (χ1n) is 4.27. The van der Waals surface area contributed by atoms with Gasteiger partial charge in [0.15, 0.2) is 0 Å². The minimum absolute atomic E-state index is 0. The molecule has 3 atom stereocenters. The number of aliphatic carboxylic acids is 1. The average molecular weight is 257 g/mol. The Labute approximate surface area is 103 Å². The Kier molecular flexibility index (Phi) is 2.69. The maximum atomic E-state index is 10.9. The van der Waals surface area contributed by atoms with E-state index < -0.39 is 11.5 Å². The van der Waals surface area contributed by atoms with E-state index in [-0.39, 0.29) is 44.0 Å². The van der Waals surface area contributed by atoms with Crippen LogP contribution in [0.1, 0.15) is 20.3 Å². The van der Waals surface area contributed by atoms with Gasteiger partial charge < -0.3 is 10.8 Å². The van der Waals surface area contributed by atoms with Gasteiger partial charge in [-0.25, -0.2) is 0 Å². The number of carboxylic acid groups (broad SMARTS) is 1. The number of hydrogen-bond donors (Lipinski definition) is 2. The van der Waals surface area contributed by atoms with Gasteiger partial charge in [-0.1, -0.05) is 19.8 Å². The van der Waals surface area contributed by atoms with Crippen molar-refractivity contribution in [1.82, 2.24) is 0 Å². The van der Waals surface area contributed by atoms with E-state index in [0.717, 1.165) is 6.42 Å². The Hall–Kier alpha value is 0.534. The number of carboxylic acids is 1. The monoisotopic (exact) mass is 257 g/mol. The molecule has 0 heterocycles. The Balaban J connectivity index is 0.000000845. The van der Waals surface area contributed by atoms with Crippen molar-refractivity contribution < 1.29 is 42.6 Å². The first kappa shape index (κ1) is 11.6. The van der Waals surface area contributed by atoms with Crippen LogP contribution >= 0.6 is 0 Å². The molecular weight excluding hydrogens is 243 g/mol. The maximum absolute atomic E-state index is 10.9. The normalized spacial score (nSPS) is 44.8. The molecule has 0 bridgehead atoms. The molecule has 2 saturated carbocycles. The van der Waals surface area contributed by atoms with E-state index >= 15 is 0 Å². The van der Waals surface area contributed by atoms with Gasteiger partial charge in [0.2, 0.25) is 0 Å². The third-order valence-corrected chi connectivity index (χ3v) is 3.65. The zero-order chi connectivity index (χ0) is 9.15. The topological polar surface area (TPSA) is 63.3 Å². The molecule has 3 unspecified atom stereocenters. The SMILES string of the molecule is CC1(C)C2C[CH-]C(N)(C(=O)O)C21.[Y]. The smallest absolute Gasteiger partial charge is 0.292 e. The van der Waals surface area contributed by atoms with Crippen molar-refractivity contribution in [1.29, 1.82) is 0 Å². The Morgan fingerprint density at radius 1 is 1.62 bits per heavy atom. The fourth-order valence-electron chi connectivity index (χ4n) is 2.80. The second kappa shape index (κ2) is 3.01. The molecule has 0 aromatic rings. The van der Waals surface area contributed by atoms with Gasteiger partial charge in [0, 0.05) is 32.7 Å². The first-order chi connectivity index (χ1) is 5.40. The van der Waals surface area contributed by atoms with Crippen LogP contribution in [-0.4, -0.2) is 16.6 Å². The second-order valence-corrected chi connectivity index (χ2v) is 4.58. The van der Waals surface area contributed by atoms with Crippen LogP contribution in [0.25, 0.3) is 0 Å². The standard InChI is InChI=1S/C9H14NO2.Y/c1-8(2)5-3-4-9(10,6(5)8)7(11)12;/h4-6H,3,10H2,1-2H3,(H,11,12);/q-1;. The summed E-state index contributed by atoms with van der Waals surface area (Å²) in [5.41, 5.74) is 4.90. The molecule has 1 radical (unpaired) electrons. The first-order valence-corrected chi connectivity index (χ1v) is 4.27. The van der Waals surface area contributed by atoms with Crippen molar-refractivity contribution in [3.63, 3.8) is 0 Å². The molecule has 2 fully saturated rings. The summed E-state index contributed by atoms with van der Waals surface area (Å²) in [6.45, 7) is 4.19. The molecule has 0 spiro atoms. The molecule has 71 valence electrons. The Bertz CT molecular complexity index is 254. The van der Waals surface area contributed by atoms with Gasteiger partial charge in [0.05, 0.1) is 0 Å². The predicted molar refractivity (Wildman–Crippen MR) is 44.2 cm³/mol. The zero-order valence-electron chi connectivity index (χ0n) is 7.95. The summed E-state index contributed by atoms with van der Waals surface area (Å²) in [6.07, 6.45) is 2.62. The van der Waals surface area contributed by atoms with E-state index in [1.54, 1.807) is 6.42 Å². The van der Waals surface area contributed by atoms with Crippen LogP contribution < -0.4 is 5.73 Å². The quantitative estimate of drug-likeness (QED) is 0.678. The van der Waals surface area contributed by atoms with Crippen LogP contribution in [0.2, 0.25) is 0 Å². The van der Waals surface area contributed by atoms with Crippen molar-refractivity contribution >= 4 is 5.97 Å². The number of carbonyl (C=O) groups is 1. The Morgan fingerprint density at radius 2 is 2.15 bits per heavy atom. The fourth-order valence-corrected chi connectivity index (χ4v) is 2.80. The second-order valence-electron chi connectivity index (χ2n) is 4.58. The maximum Gasteiger partial charge on any atom is 0.292 e. The number of hydrogen-bond acceptors (Lipinski definition) is 2. The van der Waals surface area contributed by atoms with Gasteiger partial charge in [-0.3, -0.25) is 11.2 Å². The fraction of sp³-hybridized carbons (Fsp3) is 0.778. The zero-order valence-corrected chi connectivity index (χ0v) is 10.8. The minimum Gasteiger partial charge on any atom is -0.482 e. The van der Waals surface area contributed by atoms with E-state index in [9.17, 15) is 4.79 Å². The molecule has 2 aliphatic carbocycles. The van der Waals surface area contributed by atoms with Crippen LogP contribution in [0.3, 0.4) is 0 Å². The average Bonchev–Trinajstić information content (AvgIpc) is 2.37. The molecular formula is C9H14NO2Y-. The van der Waals surface area contributed by atoms with Gasteiger partial charge >= 0.3 is 0 Å². The van der Waals surface area contributed by atoms with Crippen molar-refractivity contribution in [2.75, 3.05) is 0 Å². The van der Waals surface area contributed by atoms with Gasteiger partial charge in [0.1, 0.15) is 0 Å². The van der Waals surface area contributed by atoms with E-state index in [1.165, 1.54) is 0 Å². The van der Waals surface area contributed by atoms with E-state index in [2.05, 4.69) is 13.8 Å². The molecule has 2 aliphatic rings. The molecule has 0 saturated heterocycles. The number of nitrogens with two attached hydrogens (primary N) is 1. The third kappa shape index (κ3) is 1.31. The Morgan fingerprint density at radius 3 is 2.38 bits per heavy atom. The molecule has 3 nitrogen and oxygen atoms in total. The summed E-state index contributed by atoms with van der Waals surface area (Å²) < 4.78 is 0. The molecule has 0 aromatic heterocycles. The number of rotatable bonds is 1. The molecule has 13 heavy (non-hydrogen) atoms. The summed E-state index contributed by atoms with van der Waals surface area (Å²) in [4.78, 5) is 10.9. The summed E-state index contributed by atoms with van der Waals surface area (Å²) in [6, 6.07) is 0. The summed E-state index contributed by atoms with van der Waals surface area (Å²) in [5.74, 6) is -0.221. The van der Waals surface area contributed by atoms with Gasteiger partial charge in [-0.2, -0.15) is 6.42 Å². The summed E-state index contributed by atoms with van der Waals surface area (Å²) in [5, 5.41) is 8.95. The van der Waals surface area contributed by atoms with Crippen molar-refractivity contribution in [2.45, 2.75) is 25.8 Å². The van der Waals surface area contributed by atoms with Crippen LogP contribution in [0, 0.1) is 23.7 Å². The van der Waals surface area contributed by atoms with Gasteiger partial charge in [0.25, 0.3) is 5.97 Å². The minimum atomic E-state index is -1.05. The van der Waals surface area contributed by atoms with Crippen LogP contribution in [0.15, 0.2) is 0 Å². The largest absolute Gasteiger partial charge is 0.482 e. The van der Waals surface area contributed by atoms with Crippen LogP contribution in [0.4, 0.5) is 0 Å². The summed E-state index contributed by atoms with van der Waals surface area (Å²) in [7, 11) is 0. The molecule has 2 rings (SSSR count). The predicted octanol–water partition coefficient (Wildman–Crippen LogP) is 0.646. The molecule has 0 amide bonds. The van der Waals surface area contributed by atoms with E-state index in [1.807, 2.05) is 0 Å². The molecule has 4 heteroatoms. The van der Waals surface area contributed by atoms with E-state index in [0.29, 0.717) is 5.92 Å². The van der Waals surface area contributed by atoms with Crippen molar-refractivity contribution in [2.24, 2.45) is 23.0 Å². The van der Waals surface area contributed by atoms with E-state index in [4.69, 9.17) is 10.8 Å². The molecule has 0 aliphatic heterocycles. The number of fused-ring (bicyclic) bond motifs is 1. The summed E-state index contributed by atoms with van der Waals surface area (Å²) >= 11 is 0. The van der Waals surface area contributed by atoms with Gasteiger partial charge in [-0.05, 0) is 16.9 Å². The molecule has 3 N–H and O–H groups in total.